The van der Waals surface area contributed by atoms with E-state index in [1.165, 1.54) is 0 Å². The third kappa shape index (κ3) is 1.92. The molecule has 0 atom stereocenters. The van der Waals surface area contributed by atoms with Gasteiger partial charge in [-0.2, -0.15) is 0 Å². The molecule has 0 amide bonds. The summed E-state index contributed by atoms with van der Waals surface area (Å²) in [5, 5.41) is 1.64. The second kappa shape index (κ2) is 4.46. The zero-order chi connectivity index (χ0) is 14.4. The monoisotopic (exact) mass is 294 g/mol. The van der Waals surface area contributed by atoms with Crippen LogP contribution in [-0.2, 0) is 0 Å². The van der Waals surface area contributed by atoms with Gasteiger partial charge in [0.1, 0.15) is 11.3 Å². The van der Waals surface area contributed by atoms with Crippen LogP contribution in [0.2, 0.25) is 5.02 Å². The van der Waals surface area contributed by atoms with Crippen molar-refractivity contribution in [3.63, 3.8) is 0 Å². The van der Waals surface area contributed by atoms with E-state index in [9.17, 15) is 0 Å². The Kier molecular flexibility index (Phi) is 2.59. The third-order valence-corrected chi connectivity index (χ3v) is 3.70. The Morgan fingerprint density at radius 2 is 2.00 bits per heavy atom. The lowest BCUT2D eigenvalue weighted by Crippen LogP contribution is -1.86. The first kappa shape index (κ1) is 12.2. The van der Waals surface area contributed by atoms with E-state index in [0.29, 0.717) is 10.7 Å². The van der Waals surface area contributed by atoms with Crippen molar-refractivity contribution in [3.05, 3.63) is 53.7 Å². The molecule has 0 unspecified atom stereocenters. The fourth-order valence-electron chi connectivity index (χ4n) is 2.55. The Labute approximate surface area is 125 Å². The number of imidazole rings is 1. The van der Waals surface area contributed by atoms with Crippen molar-refractivity contribution in [1.29, 1.82) is 0 Å². The molecule has 2 aromatic heterocycles. The molecular weight excluding hydrogens is 284 g/mol. The number of pyridine rings is 1. The van der Waals surface area contributed by atoms with Crippen molar-refractivity contribution in [2.45, 2.75) is 0 Å². The number of benzene rings is 2. The van der Waals surface area contributed by atoms with Crippen molar-refractivity contribution in [1.82, 2.24) is 15.0 Å². The number of halogens is 1. The Morgan fingerprint density at radius 3 is 2.90 bits per heavy atom. The van der Waals surface area contributed by atoms with Crippen molar-refractivity contribution in [2.75, 3.05) is 5.73 Å². The summed E-state index contributed by atoms with van der Waals surface area (Å²) in [5.74, 6) is 0.762. The molecule has 0 aliphatic carbocycles. The summed E-state index contributed by atoms with van der Waals surface area (Å²) >= 11 is 6.04. The van der Waals surface area contributed by atoms with Crippen LogP contribution in [0.5, 0.6) is 0 Å². The van der Waals surface area contributed by atoms with Crippen LogP contribution in [0, 0.1) is 0 Å². The first-order valence-corrected chi connectivity index (χ1v) is 6.89. The van der Waals surface area contributed by atoms with E-state index >= 15 is 0 Å². The van der Waals surface area contributed by atoms with E-state index in [1.807, 2.05) is 36.4 Å². The summed E-state index contributed by atoms with van der Waals surface area (Å²) in [6, 6.07) is 13.4. The number of hydrogen-bond acceptors (Lipinski definition) is 3. The van der Waals surface area contributed by atoms with Gasteiger partial charge in [0, 0.05) is 22.2 Å². The van der Waals surface area contributed by atoms with Crippen LogP contribution < -0.4 is 5.73 Å². The number of hydrogen-bond donors (Lipinski definition) is 2. The summed E-state index contributed by atoms with van der Waals surface area (Å²) < 4.78 is 0. The SMILES string of the molecule is Nc1cc(Cl)cc2[nH]c(-c3cccc4ncccc34)nc12. The van der Waals surface area contributed by atoms with E-state index in [4.69, 9.17) is 17.3 Å². The van der Waals surface area contributed by atoms with Crippen LogP contribution >= 0.6 is 11.6 Å². The number of H-pyrrole nitrogens is 1. The quantitative estimate of drug-likeness (QED) is 0.521. The maximum Gasteiger partial charge on any atom is 0.139 e. The topological polar surface area (TPSA) is 67.6 Å². The van der Waals surface area contributed by atoms with Gasteiger partial charge < -0.3 is 10.7 Å². The lowest BCUT2D eigenvalue weighted by atomic mass is 10.1. The molecule has 0 fully saturated rings. The largest absolute Gasteiger partial charge is 0.397 e. The molecule has 0 spiro atoms. The molecule has 2 heterocycles. The van der Waals surface area contributed by atoms with Crippen LogP contribution in [0.15, 0.2) is 48.7 Å². The zero-order valence-corrected chi connectivity index (χ0v) is 11.7. The third-order valence-electron chi connectivity index (χ3n) is 3.48. The minimum Gasteiger partial charge on any atom is -0.397 e. The summed E-state index contributed by atoms with van der Waals surface area (Å²) in [6.45, 7) is 0. The molecule has 4 rings (SSSR count). The first-order valence-electron chi connectivity index (χ1n) is 6.51. The zero-order valence-electron chi connectivity index (χ0n) is 11.0. The number of nitrogens with two attached hydrogens (primary N) is 1. The van der Waals surface area contributed by atoms with Gasteiger partial charge in [-0.1, -0.05) is 29.8 Å². The number of fused-ring (bicyclic) bond motifs is 2. The fourth-order valence-corrected chi connectivity index (χ4v) is 2.77. The van der Waals surface area contributed by atoms with E-state index in [2.05, 4.69) is 15.0 Å². The van der Waals surface area contributed by atoms with Gasteiger partial charge in [-0.3, -0.25) is 4.98 Å². The Bertz CT molecular complexity index is 969. The molecule has 102 valence electrons. The molecule has 0 radical (unpaired) electrons. The van der Waals surface area contributed by atoms with Gasteiger partial charge in [0.2, 0.25) is 0 Å². The predicted molar refractivity (Wildman–Crippen MR) is 86.3 cm³/mol. The van der Waals surface area contributed by atoms with Gasteiger partial charge in [0.25, 0.3) is 0 Å². The average Bonchev–Trinajstić information content (AvgIpc) is 2.90. The highest BCUT2D eigenvalue weighted by atomic mass is 35.5. The Morgan fingerprint density at radius 1 is 1.10 bits per heavy atom. The van der Waals surface area contributed by atoms with Crippen LogP contribution in [0.25, 0.3) is 33.3 Å². The minimum absolute atomic E-state index is 0.568. The highest BCUT2D eigenvalue weighted by molar-refractivity contribution is 6.31. The molecular formula is C16H11ClN4. The summed E-state index contributed by atoms with van der Waals surface area (Å²) in [7, 11) is 0. The molecule has 0 saturated heterocycles. The summed E-state index contributed by atoms with van der Waals surface area (Å²) in [6.07, 6.45) is 1.78. The molecule has 4 aromatic rings. The van der Waals surface area contributed by atoms with Gasteiger partial charge in [-0.05, 0) is 24.3 Å². The number of nitrogens with zero attached hydrogens (tertiary/aromatic N) is 2. The summed E-state index contributed by atoms with van der Waals surface area (Å²) in [4.78, 5) is 12.3. The van der Waals surface area contributed by atoms with Gasteiger partial charge >= 0.3 is 0 Å². The predicted octanol–water partition coefficient (Wildman–Crippen LogP) is 4.01. The molecule has 2 aromatic carbocycles. The van der Waals surface area contributed by atoms with Crippen molar-refractivity contribution >= 4 is 39.2 Å². The molecule has 21 heavy (non-hydrogen) atoms. The maximum absolute atomic E-state index is 6.04. The second-order valence-electron chi connectivity index (χ2n) is 4.85. The van der Waals surface area contributed by atoms with Gasteiger partial charge in [-0.15, -0.1) is 0 Å². The van der Waals surface area contributed by atoms with E-state index in [-0.39, 0.29) is 0 Å². The maximum atomic E-state index is 6.04. The molecule has 0 saturated carbocycles. The molecule has 5 heteroatoms. The number of rotatable bonds is 1. The van der Waals surface area contributed by atoms with Crippen LogP contribution in [0.3, 0.4) is 0 Å². The van der Waals surface area contributed by atoms with Gasteiger partial charge in [0.15, 0.2) is 0 Å². The number of aromatic amines is 1. The molecule has 0 aliphatic rings. The smallest absolute Gasteiger partial charge is 0.139 e. The molecule has 3 N–H and O–H groups in total. The molecule has 4 nitrogen and oxygen atoms in total. The first-order chi connectivity index (χ1) is 10.2. The van der Waals surface area contributed by atoms with Gasteiger partial charge in [-0.25, -0.2) is 4.98 Å². The van der Waals surface area contributed by atoms with Crippen LogP contribution in [0.1, 0.15) is 0 Å². The lowest BCUT2D eigenvalue weighted by Gasteiger charge is -2.02. The van der Waals surface area contributed by atoms with Crippen LogP contribution in [0.4, 0.5) is 5.69 Å². The number of aromatic nitrogens is 3. The van der Waals surface area contributed by atoms with Crippen LogP contribution in [-0.4, -0.2) is 15.0 Å². The highest BCUT2D eigenvalue weighted by Crippen LogP contribution is 2.30. The molecule has 0 aliphatic heterocycles. The number of anilines is 1. The van der Waals surface area contributed by atoms with Crippen molar-refractivity contribution < 1.29 is 0 Å². The number of nitrogen functional groups attached to an aromatic ring is 1. The standard InChI is InChI=1S/C16H11ClN4/c17-9-7-12(18)15-14(8-9)20-16(21-15)11-3-1-5-13-10(11)4-2-6-19-13/h1-8H,18H2,(H,20,21). The normalized spacial score (nSPS) is 11.3. The van der Waals surface area contributed by atoms with E-state index in [1.54, 1.807) is 12.3 Å². The number of nitrogens with one attached hydrogen (secondary N) is 1. The highest BCUT2D eigenvalue weighted by Gasteiger charge is 2.11. The lowest BCUT2D eigenvalue weighted by molar-refractivity contribution is 1.34. The van der Waals surface area contributed by atoms with E-state index in [0.717, 1.165) is 33.3 Å². The average molecular weight is 295 g/mol. The fraction of sp³-hybridized carbons (Fsp3) is 0. The Balaban J connectivity index is 2.03. The molecule has 0 bridgehead atoms. The summed E-state index contributed by atoms with van der Waals surface area (Å²) in [5.41, 5.74) is 10.0. The second-order valence-corrected chi connectivity index (χ2v) is 5.29. The van der Waals surface area contributed by atoms with Crippen molar-refractivity contribution in [2.24, 2.45) is 0 Å². The Hall–Kier alpha value is -2.59. The van der Waals surface area contributed by atoms with Crippen molar-refractivity contribution in [3.8, 4) is 11.4 Å². The van der Waals surface area contributed by atoms with Gasteiger partial charge in [0.05, 0.1) is 16.7 Å². The van der Waals surface area contributed by atoms with E-state index < -0.39 is 0 Å². The minimum atomic E-state index is 0.568.